The second-order valence-corrected chi connectivity index (χ2v) is 7.06. The third kappa shape index (κ3) is 3.90. The van der Waals surface area contributed by atoms with Crippen LogP contribution in [0.15, 0.2) is 24.3 Å². The molecule has 0 radical (unpaired) electrons. The highest BCUT2D eigenvalue weighted by molar-refractivity contribution is 7.86. The fourth-order valence-electron chi connectivity index (χ4n) is 2.59. The number of hydrogen-bond donors (Lipinski definition) is 2. The van der Waals surface area contributed by atoms with Gasteiger partial charge in [-0.05, 0) is 12.1 Å². The molecule has 130 valence electrons. The maximum absolute atomic E-state index is 12.1. The molecule has 0 atom stereocenters. The van der Waals surface area contributed by atoms with Crippen LogP contribution in [0.2, 0.25) is 0 Å². The predicted molar refractivity (Wildman–Crippen MR) is 87.0 cm³/mol. The van der Waals surface area contributed by atoms with Gasteiger partial charge in [-0.1, -0.05) is 12.1 Å². The number of H-pyrrole nitrogens is 1. The average Bonchev–Trinajstić information content (AvgIpc) is 2.96. The number of rotatable bonds is 5. The van der Waals surface area contributed by atoms with Crippen molar-refractivity contribution >= 4 is 27.1 Å². The van der Waals surface area contributed by atoms with Crippen LogP contribution in [0, 0.1) is 0 Å². The van der Waals surface area contributed by atoms with Crippen molar-refractivity contribution in [3.8, 4) is 0 Å². The van der Waals surface area contributed by atoms with Gasteiger partial charge in [0.15, 0.2) is 0 Å². The van der Waals surface area contributed by atoms with E-state index in [0.717, 1.165) is 15.3 Å². The Bertz CT molecular complexity index is 794. The number of carbonyl (C=O) groups excluding carboxylic acids is 1. The highest BCUT2D eigenvalue weighted by Crippen LogP contribution is 2.11. The number of nitrogens with one attached hydrogen (secondary N) is 1. The largest absolute Gasteiger partial charge is 0.364 e. The van der Waals surface area contributed by atoms with E-state index in [-0.39, 0.29) is 32.2 Å². The van der Waals surface area contributed by atoms with Crippen LogP contribution < -0.4 is 5.14 Å². The Labute approximate surface area is 139 Å². The fourth-order valence-corrected chi connectivity index (χ4v) is 3.26. The first kappa shape index (κ1) is 16.8. The standard InChI is InChI=1S/C14H19N5O4S/c15-24(21,22)19-7-5-18(6-8-19)14(20)10-23-9-13-16-11-3-1-2-4-12(11)17-13/h1-4H,5-10H2,(H,16,17)(H2,15,21,22). The minimum absolute atomic E-state index is 0.0770. The molecule has 1 amide bonds. The second kappa shape index (κ2) is 6.85. The summed E-state index contributed by atoms with van der Waals surface area (Å²) in [4.78, 5) is 21.1. The van der Waals surface area contributed by atoms with Gasteiger partial charge in [0.05, 0.1) is 11.0 Å². The maximum Gasteiger partial charge on any atom is 0.277 e. The van der Waals surface area contributed by atoms with E-state index >= 15 is 0 Å². The summed E-state index contributed by atoms with van der Waals surface area (Å²) >= 11 is 0. The van der Waals surface area contributed by atoms with Gasteiger partial charge in [-0.2, -0.15) is 12.7 Å². The smallest absolute Gasteiger partial charge is 0.277 e. The monoisotopic (exact) mass is 353 g/mol. The van der Waals surface area contributed by atoms with E-state index in [0.29, 0.717) is 18.9 Å². The molecule has 0 aliphatic carbocycles. The number of aromatic amines is 1. The number of carbonyl (C=O) groups is 1. The summed E-state index contributed by atoms with van der Waals surface area (Å²) in [6, 6.07) is 7.63. The lowest BCUT2D eigenvalue weighted by molar-refractivity contribution is -0.137. The van der Waals surface area contributed by atoms with E-state index in [4.69, 9.17) is 9.88 Å². The van der Waals surface area contributed by atoms with Gasteiger partial charge in [-0.25, -0.2) is 10.1 Å². The van der Waals surface area contributed by atoms with Gasteiger partial charge in [0, 0.05) is 26.2 Å². The van der Waals surface area contributed by atoms with Crippen molar-refractivity contribution < 1.29 is 17.9 Å². The Kier molecular flexibility index (Phi) is 4.81. The third-order valence-electron chi connectivity index (χ3n) is 3.85. The predicted octanol–water partition coefficient (Wildman–Crippen LogP) is -0.573. The number of imidazole rings is 1. The van der Waals surface area contributed by atoms with Gasteiger partial charge >= 0.3 is 0 Å². The highest BCUT2D eigenvalue weighted by Gasteiger charge is 2.26. The van der Waals surface area contributed by atoms with Crippen molar-refractivity contribution in [3.05, 3.63) is 30.1 Å². The van der Waals surface area contributed by atoms with E-state index in [2.05, 4.69) is 9.97 Å². The SMILES string of the molecule is NS(=O)(=O)N1CCN(C(=O)COCc2nc3ccccc3[nH]2)CC1. The quantitative estimate of drug-likeness (QED) is 0.745. The summed E-state index contributed by atoms with van der Waals surface area (Å²) in [6.45, 7) is 1.15. The number of para-hydroxylation sites is 2. The van der Waals surface area contributed by atoms with Crippen LogP contribution in [0.5, 0.6) is 0 Å². The first-order valence-electron chi connectivity index (χ1n) is 7.50. The van der Waals surface area contributed by atoms with Crippen molar-refractivity contribution in [2.45, 2.75) is 6.61 Å². The summed E-state index contributed by atoms with van der Waals surface area (Å²) < 4.78 is 29.0. The molecular formula is C14H19N5O4S. The molecule has 2 aromatic rings. The summed E-state index contributed by atoms with van der Waals surface area (Å²) in [6.07, 6.45) is 0. The van der Waals surface area contributed by atoms with E-state index < -0.39 is 10.2 Å². The van der Waals surface area contributed by atoms with Crippen LogP contribution in [-0.4, -0.2) is 66.3 Å². The summed E-state index contributed by atoms with van der Waals surface area (Å²) in [5, 5.41) is 5.07. The lowest BCUT2D eigenvalue weighted by atomic mass is 10.3. The number of benzene rings is 1. The van der Waals surface area contributed by atoms with Crippen LogP contribution in [0.3, 0.4) is 0 Å². The topological polar surface area (TPSA) is 122 Å². The zero-order chi connectivity index (χ0) is 17.2. The molecule has 1 aromatic heterocycles. The molecule has 3 rings (SSSR count). The van der Waals surface area contributed by atoms with Gasteiger partial charge in [0.25, 0.3) is 10.2 Å². The molecule has 1 aromatic carbocycles. The number of amides is 1. The molecule has 2 heterocycles. The molecule has 24 heavy (non-hydrogen) atoms. The molecule has 0 unspecified atom stereocenters. The van der Waals surface area contributed by atoms with Crippen molar-refractivity contribution in [1.82, 2.24) is 19.2 Å². The number of hydrogen-bond acceptors (Lipinski definition) is 5. The lowest BCUT2D eigenvalue weighted by Gasteiger charge is -2.32. The minimum Gasteiger partial charge on any atom is -0.364 e. The van der Waals surface area contributed by atoms with Gasteiger partial charge in [-0.3, -0.25) is 4.79 Å². The first-order chi connectivity index (χ1) is 11.4. The van der Waals surface area contributed by atoms with Crippen LogP contribution in [-0.2, 0) is 26.3 Å². The Balaban J connectivity index is 1.46. The van der Waals surface area contributed by atoms with Gasteiger partial charge in [0.1, 0.15) is 19.0 Å². The number of fused-ring (bicyclic) bond motifs is 1. The number of ether oxygens (including phenoxy) is 1. The Hall–Kier alpha value is -2.01. The number of nitrogens with two attached hydrogens (primary N) is 1. The molecule has 3 N–H and O–H groups in total. The van der Waals surface area contributed by atoms with Crippen LogP contribution in [0.25, 0.3) is 11.0 Å². The van der Waals surface area contributed by atoms with E-state index in [1.807, 2.05) is 24.3 Å². The molecule has 1 aliphatic heterocycles. The lowest BCUT2D eigenvalue weighted by Crippen LogP contribution is -2.52. The molecule has 10 heteroatoms. The zero-order valence-corrected chi connectivity index (χ0v) is 13.8. The van der Waals surface area contributed by atoms with Crippen molar-refractivity contribution in [1.29, 1.82) is 0 Å². The Morgan fingerprint density at radius 1 is 1.25 bits per heavy atom. The van der Waals surface area contributed by atoms with Crippen molar-refractivity contribution in [2.75, 3.05) is 32.8 Å². The van der Waals surface area contributed by atoms with Crippen molar-refractivity contribution in [2.24, 2.45) is 5.14 Å². The molecule has 1 saturated heterocycles. The van der Waals surface area contributed by atoms with E-state index in [9.17, 15) is 13.2 Å². The average molecular weight is 353 g/mol. The molecule has 0 saturated carbocycles. The number of nitrogens with zero attached hydrogens (tertiary/aromatic N) is 3. The molecule has 1 fully saturated rings. The summed E-state index contributed by atoms with van der Waals surface area (Å²) in [5.41, 5.74) is 1.77. The molecule has 9 nitrogen and oxygen atoms in total. The second-order valence-electron chi connectivity index (χ2n) is 5.52. The Morgan fingerprint density at radius 2 is 1.96 bits per heavy atom. The van der Waals surface area contributed by atoms with Crippen LogP contribution >= 0.6 is 0 Å². The number of aromatic nitrogens is 2. The fraction of sp³-hybridized carbons (Fsp3) is 0.429. The highest BCUT2D eigenvalue weighted by atomic mass is 32.2. The summed E-state index contributed by atoms with van der Waals surface area (Å²) in [7, 11) is -3.69. The van der Waals surface area contributed by atoms with Gasteiger partial charge < -0.3 is 14.6 Å². The first-order valence-corrected chi connectivity index (χ1v) is 9.01. The zero-order valence-electron chi connectivity index (χ0n) is 13.0. The van der Waals surface area contributed by atoms with Crippen LogP contribution in [0.4, 0.5) is 0 Å². The van der Waals surface area contributed by atoms with Gasteiger partial charge in [-0.15, -0.1) is 0 Å². The van der Waals surface area contributed by atoms with Crippen molar-refractivity contribution in [3.63, 3.8) is 0 Å². The molecule has 0 spiro atoms. The normalized spacial score (nSPS) is 16.6. The number of piperazine rings is 1. The van der Waals surface area contributed by atoms with Crippen LogP contribution in [0.1, 0.15) is 5.82 Å². The maximum atomic E-state index is 12.1. The van der Waals surface area contributed by atoms with E-state index in [1.54, 1.807) is 4.90 Å². The third-order valence-corrected chi connectivity index (χ3v) is 4.94. The van der Waals surface area contributed by atoms with Gasteiger partial charge in [0.2, 0.25) is 5.91 Å². The molecular weight excluding hydrogens is 334 g/mol. The Morgan fingerprint density at radius 3 is 2.62 bits per heavy atom. The molecule has 0 bridgehead atoms. The minimum atomic E-state index is -3.69. The summed E-state index contributed by atoms with van der Waals surface area (Å²) in [5.74, 6) is 0.475. The molecule has 1 aliphatic rings. The van der Waals surface area contributed by atoms with E-state index in [1.165, 1.54) is 0 Å².